The van der Waals surface area contributed by atoms with Crippen molar-refractivity contribution in [1.29, 1.82) is 0 Å². The molecule has 1 fully saturated rings. The van der Waals surface area contributed by atoms with E-state index >= 15 is 0 Å². The predicted octanol–water partition coefficient (Wildman–Crippen LogP) is -1.41. The molecule has 0 amide bonds. The van der Waals surface area contributed by atoms with E-state index in [-0.39, 0.29) is 12.8 Å². The van der Waals surface area contributed by atoms with Crippen LogP contribution in [0.4, 0.5) is 0 Å². The Labute approximate surface area is 105 Å². The Morgan fingerprint density at radius 2 is 1.17 bits per heavy atom. The Morgan fingerprint density at radius 3 is 1.22 bits per heavy atom. The summed E-state index contributed by atoms with van der Waals surface area (Å²) in [6.45, 7) is 4.38. The fraction of sp³-hybridized carbons (Fsp3) is 0.636. The van der Waals surface area contributed by atoms with Crippen LogP contribution < -0.4 is 0 Å². The van der Waals surface area contributed by atoms with Gasteiger partial charge in [-0.2, -0.15) is 0 Å². The maximum absolute atomic E-state index is 10.0. The lowest BCUT2D eigenvalue weighted by Gasteiger charge is -2.23. The summed E-state index contributed by atoms with van der Waals surface area (Å²) in [5.74, 6) is -0.796. The molecule has 1 heterocycles. The number of ether oxygens (including phenoxy) is 1. The van der Waals surface area contributed by atoms with Crippen LogP contribution in [0.25, 0.3) is 0 Å². The van der Waals surface area contributed by atoms with Gasteiger partial charge in [0.2, 0.25) is 0 Å². The first-order valence-electron chi connectivity index (χ1n) is 5.20. The van der Waals surface area contributed by atoms with Gasteiger partial charge in [0.25, 0.3) is 0 Å². The van der Waals surface area contributed by atoms with E-state index in [4.69, 9.17) is 20.4 Å². The standard InChI is InChI=1S/C5H12O4.C4H4O3.C2H4/c6-1-5(2-7,3-8)4-9;5-3-1-2-4(6)7-3;1-2/h6-9H,1-4H2;1-2H2;1-2H2. The van der Waals surface area contributed by atoms with Crippen LogP contribution in [0, 0.1) is 5.41 Å². The number of carbonyl (C=O) groups excluding carboxylic acids is 2. The minimum Gasteiger partial charge on any atom is -0.396 e. The highest BCUT2D eigenvalue weighted by molar-refractivity contribution is 5.92. The van der Waals surface area contributed by atoms with Crippen molar-refractivity contribution in [2.45, 2.75) is 12.8 Å². The molecule has 0 spiro atoms. The van der Waals surface area contributed by atoms with E-state index in [1.54, 1.807) is 0 Å². The molecule has 0 radical (unpaired) electrons. The third-order valence-corrected chi connectivity index (χ3v) is 2.10. The van der Waals surface area contributed by atoms with Crippen LogP contribution >= 0.6 is 0 Å². The van der Waals surface area contributed by atoms with Crippen molar-refractivity contribution in [3.05, 3.63) is 13.2 Å². The van der Waals surface area contributed by atoms with Crippen molar-refractivity contribution in [3.63, 3.8) is 0 Å². The number of esters is 2. The molecule has 0 aliphatic carbocycles. The van der Waals surface area contributed by atoms with Crippen LogP contribution in [-0.2, 0) is 14.3 Å². The van der Waals surface area contributed by atoms with Crippen molar-refractivity contribution in [2.24, 2.45) is 5.41 Å². The molecule has 0 atom stereocenters. The van der Waals surface area contributed by atoms with Crippen molar-refractivity contribution in [2.75, 3.05) is 26.4 Å². The average molecular weight is 264 g/mol. The van der Waals surface area contributed by atoms with Gasteiger partial charge in [-0.15, -0.1) is 13.2 Å². The molecule has 0 bridgehead atoms. The van der Waals surface area contributed by atoms with Crippen LogP contribution in [0.3, 0.4) is 0 Å². The first-order chi connectivity index (χ1) is 8.53. The van der Waals surface area contributed by atoms with Crippen molar-refractivity contribution in [3.8, 4) is 0 Å². The molecule has 106 valence electrons. The molecule has 0 saturated carbocycles. The summed E-state index contributed by atoms with van der Waals surface area (Å²) in [6, 6.07) is 0. The van der Waals surface area contributed by atoms with Crippen LogP contribution in [0.5, 0.6) is 0 Å². The summed E-state index contributed by atoms with van der Waals surface area (Å²) in [6.07, 6.45) is 0.525. The maximum Gasteiger partial charge on any atom is 0.314 e. The fourth-order valence-electron chi connectivity index (χ4n) is 0.733. The van der Waals surface area contributed by atoms with E-state index in [1.807, 2.05) is 0 Å². The van der Waals surface area contributed by atoms with Gasteiger partial charge in [0.15, 0.2) is 0 Å². The third-order valence-electron chi connectivity index (χ3n) is 2.10. The number of rotatable bonds is 4. The van der Waals surface area contributed by atoms with E-state index in [1.165, 1.54) is 0 Å². The Morgan fingerprint density at radius 1 is 0.889 bits per heavy atom. The zero-order valence-electron chi connectivity index (χ0n) is 10.2. The van der Waals surface area contributed by atoms with Crippen LogP contribution in [0.15, 0.2) is 13.2 Å². The van der Waals surface area contributed by atoms with Gasteiger partial charge in [0.1, 0.15) is 0 Å². The molecule has 0 aromatic heterocycles. The highest BCUT2D eigenvalue weighted by atomic mass is 16.6. The molecule has 18 heavy (non-hydrogen) atoms. The molecule has 0 aromatic carbocycles. The fourth-order valence-corrected chi connectivity index (χ4v) is 0.733. The molecule has 7 heteroatoms. The molecule has 0 aromatic rings. The molecule has 1 aliphatic rings. The van der Waals surface area contributed by atoms with Crippen molar-refractivity contribution >= 4 is 11.9 Å². The third kappa shape index (κ3) is 7.13. The van der Waals surface area contributed by atoms with Crippen LogP contribution in [-0.4, -0.2) is 58.8 Å². The predicted molar refractivity (Wildman–Crippen MR) is 62.4 cm³/mol. The topological polar surface area (TPSA) is 124 Å². The Kier molecular flexibility index (Phi) is 11.5. The van der Waals surface area contributed by atoms with E-state index < -0.39 is 43.8 Å². The summed E-state index contributed by atoms with van der Waals surface area (Å²) in [4.78, 5) is 20.0. The zero-order valence-corrected chi connectivity index (χ0v) is 10.2. The maximum atomic E-state index is 10.0. The smallest absolute Gasteiger partial charge is 0.314 e. The van der Waals surface area contributed by atoms with Gasteiger partial charge in [-0.25, -0.2) is 0 Å². The van der Waals surface area contributed by atoms with Gasteiger partial charge >= 0.3 is 11.9 Å². The second-order valence-electron chi connectivity index (χ2n) is 3.48. The van der Waals surface area contributed by atoms with Crippen molar-refractivity contribution in [1.82, 2.24) is 0 Å². The molecule has 1 aliphatic heterocycles. The number of aliphatic hydroxyl groups is 4. The van der Waals surface area contributed by atoms with Gasteiger partial charge in [0.05, 0.1) is 44.7 Å². The van der Waals surface area contributed by atoms with Gasteiger partial charge in [0, 0.05) is 0 Å². The number of carbonyl (C=O) groups is 2. The van der Waals surface area contributed by atoms with Crippen LogP contribution in [0.2, 0.25) is 0 Å². The van der Waals surface area contributed by atoms with Crippen LogP contribution in [0.1, 0.15) is 12.8 Å². The second-order valence-corrected chi connectivity index (χ2v) is 3.48. The lowest BCUT2D eigenvalue weighted by Crippen LogP contribution is -2.37. The first kappa shape index (κ1) is 19.1. The summed E-state index contributed by atoms with van der Waals surface area (Å²) < 4.78 is 4.08. The second kappa shape index (κ2) is 10.8. The van der Waals surface area contributed by atoms with E-state index in [2.05, 4.69) is 17.9 Å². The summed E-state index contributed by atoms with van der Waals surface area (Å²) >= 11 is 0. The highest BCUT2D eigenvalue weighted by Gasteiger charge is 2.26. The van der Waals surface area contributed by atoms with E-state index in [0.29, 0.717) is 0 Å². The lowest BCUT2D eigenvalue weighted by atomic mass is 9.93. The SMILES string of the molecule is C=C.O=C1CCC(=O)O1.OCC(CO)(CO)CO. The Hall–Kier alpha value is -1.28. The molecule has 7 nitrogen and oxygen atoms in total. The number of hydrogen-bond donors (Lipinski definition) is 4. The molecule has 1 rings (SSSR count). The van der Waals surface area contributed by atoms with Crippen molar-refractivity contribution < 1.29 is 34.8 Å². The van der Waals surface area contributed by atoms with Gasteiger partial charge in [-0.1, -0.05) is 0 Å². The van der Waals surface area contributed by atoms with E-state index in [9.17, 15) is 9.59 Å². The Bertz CT molecular complexity index is 216. The molecular weight excluding hydrogens is 244 g/mol. The summed E-state index contributed by atoms with van der Waals surface area (Å²) in [7, 11) is 0. The number of aliphatic hydroxyl groups excluding tert-OH is 4. The molecular formula is C11H20O7. The minimum atomic E-state index is -1.11. The molecule has 4 N–H and O–H groups in total. The van der Waals surface area contributed by atoms with E-state index in [0.717, 1.165) is 0 Å². The quantitative estimate of drug-likeness (QED) is 0.279. The number of hydrogen-bond acceptors (Lipinski definition) is 7. The highest BCUT2D eigenvalue weighted by Crippen LogP contribution is 2.11. The largest absolute Gasteiger partial charge is 0.396 e. The van der Waals surface area contributed by atoms with Gasteiger partial charge in [-0.05, 0) is 0 Å². The lowest BCUT2D eigenvalue weighted by molar-refractivity contribution is -0.151. The Balaban J connectivity index is 0. The monoisotopic (exact) mass is 264 g/mol. The van der Waals surface area contributed by atoms with Gasteiger partial charge < -0.3 is 25.2 Å². The average Bonchev–Trinajstić information content (AvgIpc) is 2.80. The normalized spacial score (nSPS) is 14.0. The first-order valence-corrected chi connectivity index (χ1v) is 5.20. The molecule has 0 unspecified atom stereocenters. The minimum absolute atomic E-state index is 0.263. The number of cyclic esters (lactones) is 2. The zero-order chi connectivity index (χ0) is 14.6. The molecule has 1 saturated heterocycles. The van der Waals surface area contributed by atoms with Gasteiger partial charge in [-0.3, -0.25) is 9.59 Å². The summed E-state index contributed by atoms with van der Waals surface area (Å²) in [5.41, 5.74) is -1.11. The summed E-state index contributed by atoms with van der Waals surface area (Å²) in [5, 5.41) is 34.0.